The van der Waals surface area contributed by atoms with Crippen LogP contribution in [0.15, 0.2) is 22.7 Å². The third-order valence-corrected chi connectivity index (χ3v) is 3.55. The lowest BCUT2D eigenvalue weighted by Crippen LogP contribution is -2.18. The highest BCUT2D eigenvalue weighted by molar-refractivity contribution is 5.81. The molecule has 0 spiro atoms. The van der Waals surface area contributed by atoms with E-state index in [2.05, 4.69) is 38.1 Å². The maximum atomic E-state index is 6.19. The molecule has 0 unspecified atom stereocenters. The van der Waals surface area contributed by atoms with Gasteiger partial charge in [0.2, 0.25) is 0 Å². The molecule has 2 aromatic rings. The van der Waals surface area contributed by atoms with E-state index in [-0.39, 0.29) is 11.0 Å². The summed E-state index contributed by atoms with van der Waals surface area (Å²) >= 11 is 0. The number of aromatic nitrogens is 1. The first-order valence-electron chi connectivity index (χ1n) is 6.09. The fraction of sp³-hybridized carbons (Fsp3) is 0.500. The van der Waals surface area contributed by atoms with E-state index in [0.29, 0.717) is 0 Å². The van der Waals surface area contributed by atoms with Crippen molar-refractivity contribution in [2.24, 2.45) is 5.73 Å². The molecule has 0 atom stereocenters. The van der Waals surface area contributed by atoms with Crippen molar-refractivity contribution in [1.82, 2.24) is 5.16 Å². The Morgan fingerprint density at radius 1 is 1.29 bits per heavy atom. The quantitative estimate of drug-likeness (QED) is 0.819. The van der Waals surface area contributed by atoms with Gasteiger partial charge in [-0.1, -0.05) is 32.0 Å². The van der Waals surface area contributed by atoms with E-state index in [4.69, 9.17) is 10.3 Å². The molecule has 90 valence electrons. The number of nitrogens with two attached hydrogens (primary N) is 1. The van der Waals surface area contributed by atoms with Gasteiger partial charge in [0.1, 0.15) is 0 Å². The second kappa shape index (κ2) is 3.10. The maximum Gasteiger partial charge on any atom is 0.167 e. The smallest absolute Gasteiger partial charge is 0.167 e. The van der Waals surface area contributed by atoms with Crippen LogP contribution in [-0.2, 0) is 11.0 Å². The number of nitrogens with zero attached hydrogens (tertiary/aromatic N) is 1. The lowest BCUT2D eigenvalue weighted by molar-refractivity contribution is 0.419. The molecule has 1 aromatic heterocycles. The number of hydrogen-bond donors (Lipinski definition) is 1. The molecule has 0 aliphatic heterocycles. The minimum absolute atomic E-state index is 0.00670. The van der Waals surface area contributed by atoms with Gasteiger partial charge in [0, 0.05) is 16.3 Å². The van der Waals surface area contributed by atoms with Crippen LogP contribution in [0.4, 0.5) is 0 Å². The van der Waals surface area contributed by atoms with E-state index < -0.39 is 0 Å². The van der Waals surface area contributed by atoms with Crippen molar-refractivity contribution in [3.8, 4) is 0 Å². The van der Waals surface area contributed by atoms with Gasteiger partial charge in [0.15, 0.2) is 5.58 Å². The van der Waals surface area contributed by atoms with Gasteiger partial charge >= 0.3 is 0 Å². The Kier molecular flexibility index (Phi) is 1.97. The lowest BCUT2D eigenvalue weighted by atomic mass is 9.89. The van der Waals surface area contributed by atoms with Crippen LogP contribution in [0.5, 0.6) is 0 Å². The molecular formula is C14H18N2O. The first-order chi connectivity index (χ1) is 7.90. The number of benzene rings is 1. The van der Waals surface area contributed by atoms with Crippen molar-refractivity contribution in [1.29, 1.82) is 0 Å². The Bertz CT molecular complexity index is 573. The van der Waals surface area contributed by atoms with Crippen molar-refractivity contribution in [3.63, 3.8) is 0 Å². The maximum absolute atomic E-state index is 6.19. The van der Waals surface area contributed by atoms with Crippen molar-refractivity contribution in [3.05, 3.63) is 29.5 Å². The summed E-state index contributed by atoms with van der Waals surface area (Å²) in [6, 6.07) is 6.25. The molecule has 17 heavy (non-hydrogen) atoms. The highest BCUT2D eigenvalue weighted by Gasteiger charge is 2.40. The Hall–Kier alpha value is -1.35. The molecule has 1 fully saturated rings. The predicted octanol–water partition coefficient (Wildman–Crippen LogP) is 3.07. The van der Waals surface area contributed by atoms with E-state index >= 15 is 0 Å². The van der Waals surface area contributed by atoms with Gasteiger partial charge in [-0.05, 0) is 30.5 Å². The molecule has 0 saturated heterocycles. The van der Waals surface area contributed by atoms with Gasteiger partial charge in [0.25, 0.3) is 0 Å². The standard InChI is InChI=1S/C14H18N2O/c1-13(2,3)12-10-5-4-9(14(15)6-7-14)8-11(10)17-16-12/h4-5,8H,6-7,15H2,1-3H3. The molecule has 3 heteroatoms. The van der Waals surface area contributed by atoms with Crippen molar-refractivity contribution < 1.29 is 4.52 Å². The van der Waals surface area contributed by atoms with Gasteiger partial charge in [-0.15, -0.1) is 0 Å². The molecule has 1 heterocycles. The normalized spacial score (nSPS) is 18.6. The summed E-state index contributed by atoms with van der Waals surface area (Å²) in [7, 11) is 0. The first-order valence-corrected chi connectivity index (χ1v) is 6.09. The Morgan fingerprint density at radius 3 is 2.59 bits per heavy atom. The number of hydrogen-bond acceptors (Lipinski definition) is 3. The zero-order valence-electron chi connectivity index (χ0n) is 10.6. The third kappa shape index (κ3) is 1.65. The van der Waals surface area contributed by atoms with Gasteiger partial charge in [-0.3, -0.25) is 0 Å². The highest BCUT2D eigenvalue weighted by Crippen LogP contribution is 2.43. The van der Waals surface area contributed by atoms with Crippen LogP contribution in [0.1, 0.15) is 44.9 Å². The first kappa shape index (κ1) is 10.8. The van der Waals surface area contributed by atoms with Crippen LogP contribution in [0.3, 0.4) is 0 Å². The van der Waals surface area contributed by atoms with E-state index in [0.717, 1.165) is 29.5 Å². The summed E-state index contributed by atoms with van der Waals surface area (Å²) in [6.45, 7) is 6.43. The van der Waals surface area contributed by atoms with Gasteiger partial charge in [-0.2, -0.15) is 0 Å². The van der Waals surface area contributed by atoms with E-state index in [1.807, 2.05) is 6.07 Å². The van der Waals surface area contributed by atoms with E-state index in [1.165, 1.54) is 5.56 Å². The second-order valence-electron chi connectivity index (χ2n) is 6.15. The van der Waals surface area contributed by atoms with Gasteiger partial charge in [-0.25, -0.2) is 0 Å². The molecule has 1 aromatic carbocycles. The SMILES string of the molecule is CC(C)(C)c1noc2cc(C3(N)CC3)ccc12. The van der Waals surface area contributed by atoms with Crippen LogP contribution < -0.4 is 5.73 Å². The van der Waals surface area contributed by atoms with Crippen LogP contribution in [-0.4, -0.2) is 5.16 Å². The van der Waals surface area contributed by atoms with E-state index in [1.54, 1.807) is 0 Å². The number of rotatable bonds is 1. The fourth-order valence-electron chi connectivity index (χ4n) is 2.21. The Balaban J connectivity index is 2.14. The Labute approximate surface area is 101 Å². The topological polar surface area (TPSA) is 52.0 Å². The molecule has 0 bridgehead atoms. The summed E-state index contributed by atoms with van der Waals surface area (Å²) in [4.78, 5) is 0. The molecular weight excluding hydrogens is 212 g/mol. The molecule has 3 nitrogen and oxygen atoms in total. The lowest BCUT2D eigenvalue weighted by Gasteiger charge is -2.14. The minimum Gasteiger partial charge on any atom is -0.356 e. The van der Waals surface area contributed by atoms with Crippen molar-refractivity contribution in [2.75, 3.05) is 0 Å². The van der Waals surface area contributed by atoms with Crippen molar-refractivity contribution >= 4 is 11.0 Å². The average Bonchev–Trinajstić information content (AvgIpc) is 2.85. The zero-order valence-corrected chi connectivity index (χ0v) is 10.6. The number of fused-ring (bicyclic) bond motifs is 1. The Morgan fingerprint density at radius 2 is 2.00 bits per heavy atom. The monoisotopic (exact) mass is 230 g/mol. The highest BCUT2D eigenvalue weighted by atomic mass is 16.5. The van der Waals surface area contributed by atoms with Crippen LogP contribution in [0, 0.1) is 0 Å². The van der Waals surface area contributed by atoms with Crippen LogP contribution in [0.2, 0.25) is 0 Å². The van der Waals surface area contributed by atoms with E-state index in [9.17, 15) is 0 Å². The summed E-state index contributed by atoms with van der Waals surface area (Å²) in [6.07, 6.45) is 2.14. The fourth-order valence-corrected chi connectivity index (χ4v) is 2.21. The zero-order chi connectivity index (χ0) is 12.3. The van der Waals surface area contributed by atoms with Gasteiger partial charge < -0.3 is 10.3 Å². The molecule has 0 radical (unpaired) electrons. The van der Waals surface area contributed by atoms with Crippen LogP contribution >= 0.6 is 0 Å². The predicted molar refractivity (Wildman–Crippen MR) is 67.8 cm³/mol. The summed E-state index contributed by atoms with van der Waals surface area (Å²) < 4.78 is 5.43. The third-order valence-electron chi connectivity index (χ3n) is 3.55. The van der Waals surface area contributed by atoms with Gasteiger partial charge in [0.05, 0.1) is 5.69 Å². The summed E-state index contributed by atoms with van der Waals surface area (Å²) in [5, 5.41) is 5.30. The van der Waals surface area contributed by atoms with Crippen LogP contribution in [0.25, 0.3) is 11.0 Å². The average molecular weight is 230 g/mol. The second-order valence-corrected chi connectivity index (χ2v) is 6.15. The minimum atomic E-state index is -0.108. The summed E-state index contributed by atoms with van der Waals surface area (Å²) in [5.41, 5.74) is 9.12. The molecule has 0 amide bonds. The molecule has 3 rings (SSSR count). The molecule has 1 aliphatic carbocycles. The summed E-state index contributed by atoms with van der Waals surface area (Å²) in [5.74, 6) is 0. The van der Waals surface area contributed by atoms with Crippen molar-refractivity contribution in [2.45, 2.75) is 44.6 Å². The molecule has 2 N–H and O–H groups in total. The largest absolute Gasteiger partial charge is 0.356 e. The molecule has 1 aliphatic rings. The molecule has 1 saturated carbocycles.